The van der Waals surface area contributed by atoms with Gasteiger partial charge in [-0.25, -0.2) is 4.68 Å². The van der Waals surface area contributed by atoms with Gasteiger partial charge in [-0.3, -0.25) is 19.9 Å². The zero-order valence-corrected chi connectivity index (χ0v) is 17.7. The highest BCUT2D eigenvalue weighted by atomic mass is 16.6. The van der Waals surface area contributed by atoms with Crippen molar-refractivity contribution in [1.82, 2.24) is 14.8 Å². The van der Waals surface area contributed by atoms with Crippen LogP contribution >= 0.6 is 0 Å². The van der Waals surface area contributed by atoms with E-state index in [0.717, 1.165) is 5.56 Å². The van der Waals surface area contributed by atoms with Crippen LogP contribution in [0.15, 0.2) is 42.7 Å². The molecule has 0 aliphatic rings. The van der Waals surface area contributed by atoms with Crippen molar-refractivity contribution < 1.29 is 14.5 Å². The average Bonchev–Trinajstić information content (AvgIpc) is 3.01. The Morgan fingerprint density at radius 3 is 2.71 bits per heavy atom. The average molecular weight is 424 g/mol. The minimum Gasteiger partial charge on any atom is -0.455 e. The van der Waals surface area contributed by atoms with Crippen LogP contribution in [0.4, 0.5) is 17.2 Å². The molecule has 10 nitrogen and oxygen atoms in total. The molecule has 162 valence electrons. The number of aryl methyl sites for hydroxylation is 3. The van der Waals surface area contributed by atoms with Gasteiger partial charge < -0.3 is 15.4 Å². The number of hydrogen-bond donors (Lipinski definition) is 2. The van der Waals surface area contributed by atoms with Crippen molar-refractivity contribution in [2.75, 3.05) is 10.6 Å². The lowest BCUT2D eigenvalue weighted by molar-refractivity contribution is -0.384. The molecule has 0 radical (unpaired) electrons. The number of amides is 1. The number of nitro groups is 1. The van der Waals surface area contributed by atoms with E-state index in [-0.39, 0.29) is 23.1 Å². The van der Waals surface area contributed by atoms with Gasteiger partial charge in [-0.2, -0.15) is 5.10 Å². The lowest BCUT2D eigenvalue weighted by Gasteiger charge is -2.18. The van der Waals surface area contributed by atoms with Crippen LogP contribution in [0.1, 0.15) is 24.6 Å². The second-order valence-electron chi connectivity index (χ2n) is 7.03. The Kier molecular flexibility index (Phi) is 6.49. The smallest absolute Gasteiger partial charge is 0.333 e. The van der Waals surface area contributed by atoms with E-state index in [1.54, 1.807) is 56.7 Å². The molecule has 2 heterocycles. The number of nitrogens with one attached hydrogen (secondary N) is 2. The van der Waals surface area contributed by atoms with E-state index >= 15 is 0 Å². The standard InChI is InChI=1S/C21H24N6O4/c1-5-17(24-20-19(27(29)30)14(3)25-26(20)4)21(28)23-15-8-9-18(13(2)11-15)31-16-7-6-10-22-12-16/h6-12,17,24H,5H2,1-4H3,(H,23,28)/t17-/m1/s1. The van der Waals surface area contributed by atoms with Crippen LogP contribution < -0.4 is 15.4 Å². The number of aromatic nitrogens is 3. The van der Waals surface area contributed by atoms with Crippen molar-refractivity contribution in [3.63, 3.8) is 0 Å². The Balaban J connectivity index is 1.73. The first-order chi connectivity index (χ1) is 14.8. The summed E-state index contributed by atoms with van der Waals surface area (Å²) in [6, 6.07) is 8.21. The molecule has 2 N–H and O–H groups in total. The molecule has 1 aromatic carbocycles. The van der Waals surface area contributed by atoms with Crippen molar-refractivity contribution >= 4 is 23.1 Å². The summed E-state index contributed by atoms with van der Waals surface area (Å²) in [4.78, 5) is 27.7. The number of pyridine rings is 1. The Morgan fingerprint density at radius 2 is 2.10 bits per heavy atom. The number of benzene rings is 1. The van der Waals surface area contributed by atoms with Crippen LogP contribution in [-0.4, -0.2) is 31.6 Å². The fourth-order valence-corrected chi connectivity index (χ4v) is 3.15. The first kappa shape index (κ1) is 21.8. The Labute approximate surface area is 179 Å². The Hall–Kier alpha value is -3.95. The molecule has 0 aliphatic heterocycles. The highest BCUT2D eigenvalue weighted by Crippen LogP contribution is 2.29. The molecule has 2 aromatic heterocycles. The van der Waals surface area contributed by atoms with Crippen LogP contribution in [0.3, 0.4) is 0 Å². The number of anilines is 2. The summed E-state index contributed by atoms with van der Waals surface area (Å²) in [6.07, 6.45) is 3.71. The molecule has 0 bridgehead atoms. The van der Waals surface area contributed by atoms with E-state index in [2.05, 4.69) is 20.7 Å². The second kappa shape index (κ2) is 9.24. The van der Waals surface area contributed by atoms with E-state index in [1.165, 1.54) is 4.68 Å². The Bertz CT molecular complexity index is 1100. The topological polar surface area (TPSA) is 124 Å². The molecule has 0 fully saturated rings. The number of carbonyl (C=O) groups excluding carboxylic acids is 1. The van der Waals surface area contributed by atoms with Gasteiger partial charge in [0.05, 0.1) is 11.1 Å². The van der Waals surface area contributed by atoms with Gasteiger partial charge in [0, 0.05) is 18.9 Å². The molecule has 0 saturated heterocycles. The number of hydrogen-bond acceptors (Lipinski definition) is 7. The maximum atomic E-state index is 12.8. The van der Waals surface area contributed by atoms with Crippen molar-refractivity contribution in [3.8, 4) is 11.5 Å². The zero-order valence-electron chi connectivity index (χ0n) is 17.7. The number of nitrogens with zero attached hydrogens (tertiary/aromatic N) is 4. The fourth-order valence-electron chi connectivity index (χ4n) is 3.15. The fraction of sp³-hybridized carbons (Fsp3) is 0.286. The lowest BCUT2D eigenvalue weighted by atomic mass is 10.1. The van der Waals surface area contributed by atoms with Gasteiger partial charge in [-0.1, -0.05) is 6.92 Å². The summed E-state index contributed by atoms with van der Waals surface area (Å²) < 4.78 is 7.18. The minimum atomic E-state index is -0.680. The summed E-state index contributed by atoms with van der Waals surface area (Å²) in [5, 5.41) is 21.3. The minimum absolute atomic E-state index is 0.138. The molecular weight excluding hydrogens is 400 g/mol. The molecule has 1 atom stereocenters. The van der Waals surface area contributed by atoms with Gasteiger partial charge in [0.2, 0.25) is 11.7 Å². The lowest BCUT2D eigenvalue weighted by Crippen LogP contribution is -2.35. The van der Waals surface area contributed by atoms with E-state index in [4.69, 9.17) is 4.74 Å². The molecule has 3 rings (SSSR count). The quantitative estimate of drug-likeness (QED) is 0.414. The first-order valence-corrected chi connectivity index (χ1v) is 9.74. The molecular formula is C21H24N6O4. The molecule has 10 heteroatoms. The number of ether oxygens (including phenoxy) is 1. The summed E-state index contributed by atoms with van der Waals surface area (Å²) in [7, 11) is 1.59. The first-order valence-electron chi connectivity index (χ1n) is 9.74. The van der Waals surface area contributed by atoms with Crippen molar-refractivity contribution in [2.45, 2.75) is 33.2 Å². The van der Waals surface area contributed by atoms with Crippen molar-refractivity contribution in [1.29, 1.82) is 0 Å². The molecule has 0 aliphatic carbocycles. The third kappa shape index (κ3) is 4.97. The Morgan fingerprint density at radius 1 is 1.32 bits per heavy atom. The van der Waals surface area contributed by atoms with Crippen LogP contribution in [0, 0.1) is 24.0 Å². The highest BCUT2D eigenvalue weighted by Gasteiger charge is 2.28. The highest BCUT2D eigenvalue weighted by molar-refractivity contribution is 5.96. The van der Waals surface area contributed by atoms with E-state index in [9.17, 15) is 14.9 Å². The van der Waals surface area contributed by atoms with Crippen LogP contribution in [0.5, 0.6) is 11.5 Å². The van der Waals surface area contributed by atoms with Crippen LogP contribution in [-0.2, 0) is 11.8 Å². The molecule has 0 unspecified atom stereocenters. The number of carbonyl (C=O) groups is 1. The van der Waals surface area contributed by atoms with Crippen molar-refractivity contribution in [2.24, 2.45) is 7.05 Å². The second-order valence-corrected chi connectivity index (χ2v) is 7.03. The van der Waals surface area contributed by atoms with Gasteiger partial charge in [-0.15, -0.1) is 0 Å². The van der Waals surface area contributed by atoms with Crippen LogP contribution in [0.2, 0.25) is 0 Å². The molecule has 3 aromatic rings. The SMILES string of the molecule is CC[C@@H](Nc1c([N+](=O)[O-])c(C)nn1C)C(=O)Nc1ccc(Oc2cccnc2)c(C)c1. The molecule has 0 spiro atoms. The summed E-state index contributed by atoms with van der Waals surface area (Å²) in [5.41, 5.74) is 1.57. The molecule has 31 heavy (non-hydrogen) atoms. The van der Waals surface area contributed by atoms with Crippen molar-refractivity contribution in [3.05, 3.63) is 64.1 Å². The van der Waals surface area contributed by atoms with Gasteiger partial charge in [-0.05, 0) is 56.2 Å². The predicted octanol–water partition coefficient (Wildman–Crippen LogP) is 3.96. The van der Waals surface area contributed by atoms with Gasteiger partial charge >= 0.3 is 5.69 Å². The maximum absolute atomic E-state index is 12.8. The zero-order chi connectivity index (χ0) is 22.5. The van der Waals surface area contributed by atoms with Gasteiger partial charge in [0.1, 0.15) is 23.2 Å². The molecule has 1 amide bonds. The van der Waals surface area contributed by atoms with Crippen LogP contribution in [0.25, 0.3) is 0 Å². The summed E-state index contributed by atoms with van der Waals surface area (Å²) in [5.74, 6) is 1.15. The number of rotatable bonds is 8. The predicted molar refractivity (Wildman–Crippen MR) is 116 cm³/mol. The van der Waals surface area contributed by atoms with E-state index < -0.39 is 11.0 Å². The van der Waals surface area contributed by atoms with Gasteiger partial charge in [0.25, 0.3) is 0 Å². The normalized spacial score (nSPS) is 11.6. The summed E-state index contributed by atoms with van der Waals surface area (Å²) >= 11 is 0. The largest absolute Gasteiger partial charge is 0.455 e. The van der Waals surface area contributed by atoms with E-state index in [0.29, 0.717) is 23.6 Å². The summed E-state index contributed by atoms with van der Waals surface area (Å²) in [6.45, 7) is 5.25. The third-order valence-electron chi connectivity index (χ3n) is 4.71. The van der Waals surface area contributed by atoms with E-state index in [1.807, 2.05) is 13.8 Å². The monoisotopic (exact) mass is 424 g/mol. The van der Waals surface area contributed by atoms with Gasteiger partial charge in [0.15, 0.2) is 0 Å². The third-order valence-corrected chi connectivity index (χ3v) is 4.71. The maximum Gasteiger partial charge on any atom is 0.333 e. The molecule has 0 saturated carbocycles.